The van der Waals surface area contributed by atoms with Crippen LogP contribution < -0.4 is 15.4 Å². The van der Waals surface area contributed by atoms with Gasteiger partial charge in [-0.1, -0.05) is 27.7 Å². The number of nitrogens with zero attached hydrogens (tertiary/aromatic N) is 5. The molecular weight excluding hydrogens is 378 g/mol. The predicted octanol–water partition coefficient (Wildman–Crippen LogP) is 3.34. The maximum absolute atomic E-state index is 5.62. The van der Waals surface area contributed by atoms with Crippen molar-refractivity contribution in [2.45, 2.75) is 54.1 Å². The molecule has 0 bridgehead atoms. The first kappa shape index (κ1) is 27.7. The van der Waals surface area contributed by atoms with Crippen LogP contribution in [0, 0.1) is 13.8 Å². The molecule has 3 rings (SSSR count). The summed E-state index contributed by atoms with van der Waals surface area (Å²) in [6, 6.07) is 0. The SMILES string of the molecule is CC.CC.Cc1cncc(NCCN(C)C)n1.Cc1cncc(OC2CCNC2)n1. The summed E-state index contributed by atoms with van der Waals surface area (Å²) in [6.45, 7) is 15.7. The molecule has 2 N–H and O–H groups in total. The lowest BCUT2D eigenvalue weighted by atomic mass is 10.3. The highest BCUT2D eigenvalue weighted by Crippen LogP contribution is 2.10. The van der Waals surface area contributed by atoms with Crippen molar-refractivity contribution < 1.29 is 4.74 Å². The smallest absolute Gasteiger partial charge is 0.232 e. The largest absolute Gasteiger partial charge is 0.472 e. The van der Waals surface area contributed by atoms with E-state index in [-0.39, 0.29) is 6.10 Å². The summed E-state index contributed by atoms with van der Waals surface area (Å²) in [7, 11) is 4.09. The molecule has 1 unspecified atom stereocenters. The van der Waals surface area contributed by atoms with Crippen LogP contribution in [-0.4, -0.2) is 71.2 Å². The van der Waals surface area contributed by atoms with Crippen molar-refractivity contribution in [2.75, 3.05) is 45.6 Å². The fraction of sp³-hybridized carbons (Fsp3) is 0.636. The van der Waals surface area contributed by atoms with E-state index in [9.17, 15) is 0 Å². The van der Waals surface area contributed by atoms with Gasteiger partial charge in [-0.3, -0.25) is 9.97 Å². The fourth-order valence-corrected chi connectivity index (χ4v) is 2.35. The third kappa shape index (κ3) is 13.0. The number of aryl methyl sites for hydroxylation is 2. The van der Waals surface area contributed by atoms with Gasteiger partial charge in [0.2, 0.25) is 5.88 Å². The van der Waals surface area contributed by atoms with E-state index < -0.39 is 0 Å². The molecule has 170 valence electrons. The summed E-state index contributed by atoms with van der Waals surface area (Å²) in [4.78, 5) is 18.7. The zero-order chi connectivity index (χ0) is 22.8. The topological polar surface area (TPSA) is 88.1 Å². The Bertz CT molecular complexity index is 661. The quantitative estimate of drug-likeness (QED) is 0.737. The predicted molar refractivity (Wildman–Crippen MR) is 125 cm³/mol. The second kappa shape index (κ2) is 17.5. The van der Waals surface area contributed by atoms with Gasteiger partial charge in [0.1, 0.15) is 11.9 Å². The Hall–Kier alpha value is -2.32. The Labute approximate surface area is 182 Å². The minimum atomic E-state index is 0.260. The van der Waals surface area contributed by atoms with Crippen LogP contribution in [0.1, 0.15) is 45.5 Å². The second-order valence-electron chi connectivity index (χ2n) is 6.51. The standard InChI is InChI=1S/C9H16N4.C9H13N3O.2C2H6/c1-8-6-10-7-9(12-8)11-4-5-13(2)3;1-7-4-11-6-9(12-7)13-8-2-3-10-5-8;2*1-2/h6-7H,4-5H2,1-3H3,(H,11,12);4,6,8,10H,2-3,5H2,1H3;2*1-2H3. The third-order valence-corrected chi connectivity index (χ3v) is 3.66. The Balaban J connectivity index is 0.000000481. The number of hydrogen-bond acceptors (Lipinski definition) is 8. The van der Waals surface area contributed by atoms with Gasteiger partial charge in [-0.15, -0.1) is 0 Å². The highest BCUT2D eigenvalue weighted by atomic mass is 16.5. The molecule has 0 spiro atoms. The number of hydrogen-bond donors (Lipinski definition) is 2. The van der Waals surface area contributed by atoms with Crippen LogP contribution >= 0.6 is 0 Å². The van der Waals surface area contributed by atoms with Crippen molar-refractivity contribution in [1.82, 2.24) is 30.2 Å². The van der Waals surface area contributed by atoms with Gasteiger partial charge < -0.3 is 20.3 Å². The molecule has 0 aromatic carbocycles. The summed E-state index contributed by atoms with van der Waals surface area (Å²) < 4.78 is 5.62. The Morgan fingerprint density at radius 3 is 2.17 bits per heavy atom. The molecule has 30 heavy (non-hydrogen) atoms. The van der Waals surface area contributed by atoms with Crippen molar-refractivity contribution in [3.05, 3.63) is 36.2 Å². The van der Waals surface area contributed by atoms with Crippen molar-refractivity contribution in [2.24, 2.45) is 0 Å². The molecule has 0 amide bonds. The first-order valence-corrected chi connectivity index (χ1v) is 10.9. The maximum Gasteiger partial charge on any atom is 0.232 e. The minimum Gasteiger partial charge on any atom is -0.472 e. The van der Waals surface area contributed by atoms with Crippen LogP contribution in [0.5, 0.6) is 5.88 Å². The Kier molecular flexibility index (Phi) is 16.2. The lowest BCUT2D eigenvalue weighted by Crippen LogP contribution is -2.21. The monoisotopic (exact) mass is 419 g/mol. The number of rotatable bonds is 6. The number of nitrogens with one attached hydrogen (secondary N) is 2. The van der Waals surface area contributed by atoms with E-state index in [4.69, 9.17) is 4.74 Å². The molecule has 0 radical (unpaired) electrons. The molecule has 1 aliphatic rings. The summed E-state index contributed by atoms with van der Waals surface area (Å²) >= 11 is 0. The Morgan fingerprint density at radius 2 is 1.63 bits per heavy atom. The fourth-order valence-electron chi connectivity index (χ4n) is 2.35. The molecule has 8 nitrogen and oxygen atoms in total. The highest BCUT2D eigenvalue weighted by Gasteiger charge is 2.16. The average molecular weight is 420 g/mol. The summed E-state index contributed by atoms with van der Waals surface area (Å²) in [5, 5.41) is 6.44. The molecule has 1 atom stereocenters. The lowest BCUT2D eigenvalue weighted by Gasteiger charge is -2.10. The van der Waals surface area contributed by atoms with Gasteiger partial charge in [-0.05, 0) is 40.9 Å². The van der Waals surface area contributed by atoms with Gasteiger partial charge in [0.05, 0.1) is 23.8 Å². The zero-order valence-corrected chi connectivity index (χ0v) is 20.1. The van der Waals surface area contributed by atoms with Gasteiger partial charge in [0.25, 0.3) is 0 Å². The van der Waals surface area contributed by atoms with E-state index in [2.05, 4.69) is 35.5 Å². The van der Waals surface area contributed by atoms with Crippen LogP contribution in [-0.2, 0) is 0 Å². The first-order chi connectivity index (χ1) is 14.5. The molecular formula is C22H41N7O. The van der Waals surface area contributed by atoms with Crippen LogP contribution in [0.3, 0.4) is 0 Å². The molecule has 0 aliphatic carbocycles. The lowest BCUT2D eigenvalue weighted by molar-refractivity contribution is 0.212. The maximum atomic E-state index is 5.62. The van der Waals surface area contributed by atoms with Gasteiger partial charge in [0, 0.05) is 32.0 Å². The molecule has 0 saturated carbocycles. The normalized spacial score (nSPS) is 14.4. The molecule has 1 fully saturated rings. The van der Waals surface area contributed by atoms with Crippen molar-refractivity contribution in [3.63, 3.8) is 0 Å². The van der Waals surface area contributed by atoms with Crippen LogP contribution in [0.2, 0.25) is 0 Å². The summed E-state index contributed by atoms with van der Waals surface area (Å²) in [5.41, 5.74) is 1.83. The molecule has 2 aromatic rings. The summed E-state index contributed by atoms with van der Waals surface area (Å²) in [5.74, 6) is 1.48. The Morgan fingerprint density at radius 1 is 1.00 bits per heavy atom. The van der Waals surface area contributed by atoms with E-state index in [0.717, 1.165) is 49.8 Å². The summed E-state index contributed by atoms with van der Waals surface area (Å²) in [6.07, 6.45) is 8.18. The van der Waals surface area contributed by atoms with Gasteiger partial charge >= 0.3 is 0 Å². The average Bonchev–Trinajstić information content (AvgIpc) is 3.24. The molecule has 3 heterocycles. The van der Waals surface area contributed by atoms with Crippen LogP contribution in [0.15, 0.2) is 24.8 Å². The number of likely N-dealkylation sites (N-methyl/N-ethyl adjacent to an activating group) is 1. The minimum absolute atomic E-state index is 0.260. The number of ether oxygens (including phenoxy) is 1. The van der Waals surface area contributed by atoms with Crippen molar-refractivity contribution in [3.8, 4) is 5.88 Å². The zero-order valence-electron chi connectivity index (χ0n) is 20.1. The van der Waals surface area contributed by atoms with E-state index in [1.54, 1.807) is 24.8 Å². The van der Waals surface area contributed by atoms with E-state index in [1.165, 1.54) is 0 Å². The highest BCUT2D eigenvalue weighted by molar-refractivity contribution is 5.31. The number of aromatic nitrogens is 4. The molecule has 8 heteroatoms. The van der Waals surface area contributed by atoms with Crippen LogP contribution in [0.25, 0.3) is 0 Å². The third-order valence-electron chi connectivity index (χ3n) is 3.66. The van der Waals surface area contributed by atoms with Gasteiger partial charge in [-0.25, -0.2) is 9.97 Å². The molecule has 2 aromatic heterocycles. The second-order valence-corrected chi connectivity index (χ2v) is 6.51. The first-order valence-electron chi connectivity index (χ1n) is 10.9. The molecule has 1 saturated heterocycles. The number of anilines is 1. The van der Waals surface area contributed by atoms with E-state index in [0.29, 0.717) is 5.88 Å². The van der Waals surface area contributed by atoms with E-state index in [1.807, 2.05) is 55.6 Å². The van der Waals surface area contributed by atoms with Gasteiger partial charge in [-0.2, -0.15) is 0 Å². The van der Waals surface area contributed by atoms with Crippen LogP contribution in [0.4, 0.5) is 5.82 Å². The van der Waals surface area contributed by atoms with Crippen molar-refractivity contribution >= 4 is 5.82 Å². The van der Waals surface area contributed by atoms with E-state index >= 15 is 0 Å². The van der Waals surface area contributed by atoms with Crippen molar-refractivity contribution in [1.29, 1.82) is 0 Å². The molecule has 1 aliphatic heterocycles. The van der Waals surface area contributed by atoms with Gasteiger partial charge in [0.15, 0.2) is 0 Å².